The molecule has 114 valence electrons. The van der Waals surface area contributed by atoms with Gasteiger partial charge in [-0.1, -0.05) is 19.3 Å². The molecule has 21 heavy (non-hydrogen) atoms. The van der Waals surface area contributed by atoms with Gasteiger partial charge in [-0.25, -0.2) is 0 Å². The van der Waals surface area contributed by atoms with Crippen molar-refractivity contribution in [3.8, 4) is 11.3 Å². The van der Waals surface area contributed by atoms with Gasteiger partial charge in [0.25, 0.3) is 0 Å². The van der Waals surface area contributed by atoms with Gasteiger partial charge in [-0.15, -0.1) is 0 Å². The lowest BCUT2D eigenvalue weighted by atomic mass is 9.96. The highest BCUT2D eigenvalue weighted by molar-refractivity contribution is 5.75. The van der Waals surface area contributed by atoms with E-state index in [0.29, 0.717) is 6.04 Å². The lowest BCUT2D eigenvalue weighted by molar-refractivity contribution is 0.330. The van der Waals surface area contributed by atoms with Crippen LogP contribution < -0.4 is 5.73 Å². The fraction of sp³-hybridized carbons (Fsp3) is 0.625. The number of rotatable bonds is 3. The second-order valence-corrected chi connectivity index (χ2v) is 6.07. The average Bonchev–Trinajstić information content (AvgIpc) is 3.00. The Bertz CT molecular complexity index is 631. The van der Waals surface area contributed by atoms with E-state index in [9.17, 15) is 0 Å². The predicted octanol–water partition coefficient (Wildman–Crippen LogP) is 3.47. The molecule has 1 aliphatic carbocycles. The summed E-state index contributed by atoms with van der Waals surface area (Å²) < 4.78 is 4.11. The second-order valence-electron chi connectivity index (χ2n) is 6.07. The van der Waals surface area contributed by atoms with Crippen molar-refractivity contribution in [2.24, 2.45) is 0 Å². The molecule has 0 atom stereocenters. The molecule has 2 aromatic rings. The molecule has 3 rings (SSSR count). The topological polar surface area (TPSA) is 61.7 Å². The van der Waals surface area contributed by atoms with Gasteiger partial charge in [0, 0.05) is 24.0 Å². The van der Waals surface area contributed by atoms with Crippen molar-refractivity contribution in [3.05, 3.63) is 17.6 Å². The molecule has 2 N–H and O–H groups in total. The molecule has 0 bridgehead atoms. The number of nitrogen functional groups attached to an aromatic ring is 1. The number of aryl methyl sites for hydroxylation is 2. The minimum Gasteiger partial charge on any atom is -0.396 e. The number of aromatic nitrogens is 4. The molecule has 0 aliphatic heterocycles. The molecule has 5 nitrogen and oxygen atoms in total. The number of hydrogen-bond acceptors (Lipinski definition) is 3. The van der Waals surface area contributed by atoms with E-state index in [0.717, 1.165) is 34.9 Å². The maximum Gasteiger partial charge on any atom is 0.119 e. The summed E-state index contributed by atoms with van der Waals surface area (Å²) in [7, 11) is 0. The smallest absolute Gasteiger partial charge is 0.119 e. The predicted molar refractivity (Wildman–Crippen MR) is 85.1 cm³/mol. The Hall–Kier alpha value is -1.78. The van der Waals surface area contributed by atoms with E-state index in [1.807, 2.05) is 17.8 Å². The number of hydrogen-bond donors (Lipinski definition) is 1. The van der Waals surface area contributed by atoms with Crippen LogP contribution in [0, 0.1) is 13.8 Å². The van der Waals surface area contributed by atoms with E-state index in [1.54, 1.807) is 0 Å². The normalized spacial score (nSPS) is 16.5. The van der Waals surface area contributed by atoms with Crippen LogP contribution in [0.3, 0.4) is 0 Å². The van der Waals surface area contributed by atoms with Crippen LogP contribution in [0.15, 0.2) is 6.20 Å². The van der Waals surface area contributed by atoms with Crippen LogP contribution in [0.5, 0.6) is 0 Å². The first kappa shape index (κ1) is 14.2. The average molecular weight is 287 g/mol. The zero-order valence-electron chi connectivity index (χ0n) is 13.3. The molecule has 0 amide bonds. The molecular weight excluding hydrogens is 262 g/mol. The highest BCUT2D eigenvalue weighted by Gasteiger charge is 2.22. The lowest BCUT2D eigenvalue weighted by Gasteiger charge is -2.21. The Morgan fingerprint density at radius 1 is 1.19 bits per heavy atom. The summed E-state index contributed by atoms with van der Waals surface area (Å²) in [6, 6.07) is 0.511. The van der Waals surface area contributed by atoms with Gasteiger partial charge in [-0.2, -0.15) is 10.2 Å². The van der Waals surface area contributed by atoms with E-state index in [1.165, 1.54) is 32.1 Å². The Kier molecular flexibility index (Phi) is 3.74. The van der Waals surface area contributed by atoms with E-state index in [2.05, 4.69) is 23.6 Å². The van der Waals surface area contributed by atoms with Crippen molar-refractivity contribution in [2.75, 3.05) is 5.73 Å². The van der Waals surface area contributed by atoms with Gasteiger partial charge in [-0.05, 0) is 33.6 Å². The van der Waals surface area contributed by atoms with Crippen LogP contribution in [-0.4, -0.2) is 19.6 Å². The molecular formula is C16H25N5. The van der Waals surface area contributed by atoms with E-state index in [-0.39, 0.29) is 0 Å². The SMILES string of the molecule is CCn1nc(C)c(-c2nn(C3CCCCC3)cc2N)c1C. The number of nitrogens with two attached hydrogens (primary N) is 1. The molecule has 0 spiro atoms. The maximum absolute atomic E-state index is 6.25. The number of nitrogens with zero attached hydrogens (tertiary/aromatic N) is 4. The summed E-state index contributed by atoms with van der Waals surface area (Å²) in [4.78, 5) is 0. The minimum atomic E-state index is 0.511. The van der Waals surface area contributed by atoms with Crippen LogP contribution in [0.2, 0.25) is 0 Å². The first-order chi connectivity index (χ1) is 10.1. The van der Waals surface area contributed by atoms with Crippen molar-refractivity contribution < 1.29 is 0 Å². The standard InChI is InChI=1S/C16H25N5/c1-4-20-12(3)15(11(2)18-20)16-14(17)10-21(19-16)13-8-6-5-7-9-13/h10,13H,4-9,17H2,1-3H3. The molecule has 5 heteroatoms. The van der Waals surface area contributed by atoms with Gasteiger partial charge in [0.1, 0.15) is 5.69 Å². The van der Waals surface area contributed by atoms with Crippen LogP contribution in [0.25, 0.3) is 11.3 Å². The molecule has 1 saturated carbocycles. The van der Waals surface area contributed by atoms with Gasteiger partial charge < -0.3 is 5.73 Å². The van der Waals surface area contributed by atoms with Crippen LogP contribution in [0.1, 0.15) is 56.5 Å². The third kappa shape index (κ3) is 2.45. The molecule has 1 aliphatic rings. The molecule has 0 radical (unpaired) electrons. The van der Waals surface area contributed by atoms with Crippen molar-refractivity contribution in [2.45, 2.75) is 65.5 Å². The van der Waals surface area contributed by atoms with E-state index >= 15 is 0 Å². The summed E-state index contributed by atoms with van der Waals surface area (Å²) in [5.74, 6) is 0. The van der Waals surface area contributed by atoms with Gasteiger partial charge in [0.2, 0.25) is 0 Å². The van der Waals surface area contributed by atoms with Gasteiger partial charge >= 0.3 is 0 Å². The molecule has 0 aromatic carbocycles. The minimum absolute atomic E-state index is 0.511. The summed E-state index contributed by atoms with van der Waals surface area (Å²) in [6.45, 7) is 7.11. The lowest BCUT2D eigenvalue weighted by Crippen LogP contribution is -2.13. The summed E-state index contributed by atoms with van der Waals surface area (Å²) in [5.41, 5.74) is 11.2. The highest BCUT2D eigenvalue weighted by Crippen LogP contribution is 2.34. The highest BCUT2D eigenvalue weighted by atomic mass is 15.3. The summed E-state index contributed by atoms with van der Waals surface area (Å²) in [6.07, 6.45) is 8.38. The molecule has 1 fully saturated rings. The quantitative estimate of drug-likeness (QED) is 0.940. The third-order valence-corrected chi connectivity index (χ3v) is 4.63. The van der Waals surface area contributed by atoms with Gasteiger partial charge in [-0.3, -0.25) is 9.36 Å². The molecule has 0 saturated heterocycles. The first-order valence-corrected chi connectivity index (χ1v) is 8.00. The fourth-order valence-electron chi connectivity index (χ4n) is 3.48. The summed E-state index contributed by atoms with van der Waals surface area (Å²) in [5, 5.41) is 9.39. The Balaban J connectivity index is 1.99. The second kappa shape index (κ2) is 5.54. The van der Waals surface area contributed by atoms with Gasteiger partial charge in [0.05, 0.1) is 17.4 Å². The first-order valence-electron chi connectivity index (χ1n) is 8.00. The molecule has 0 unspecified atom stereocenters. The largest absolute Gasteiger partial charge is 0.396 e. The van der Waals surface area contributed by atoms with Crippen LogP contribution >= 0.6 is 0 Å². The maximum atomic E-state index is 6.25. The Morgan fingerprint density at radius 2 is 1.90 bits per heavy atom. The third-order valence-electron chi connectivity index (χ3n) is 4.63. The van der Waals surface area contributed by atoms with Crippen LogP contribution in [-0.2, 0) is 6.54 Å². The van der Waals surface area contributed by atoms with E-state index < -0.39 is 0 Å². The van der Waals surface area contributed by atoms with Gasteiger partial charge in [0.15, 0.2) is 0 Å². The van der Waals surface area contributed by atoms with Crippen LogP contribution in [0.4, 0.5) is 5.69 Å². The number of anilines is 1. The van der Waals surface area contributed by atoms with Crippen molar-refractivity contribution >= 4 is 5.69 Å². The van der Waals surface area contributed by atoms with E-state index in [4.69, 9.17) is 10.8 Å². The molecule has 2 aromatic heterocycles. The Morgan fingerprint density at radius 3 is 2.52 bits per heavy atom. The zero-order chi connectivity index (χ0) is 15.0. The van der Waals surface area contributed by atoms with Crippen molar-refractivity contribution in [3.63, 3.8) is 0 Å². The van der Waals surface area contributed by atoms with Crippen molar-refractivity contribution in [1.29, 1.82) is 0 Å². The van der Waals surface area contributed by atoms with Crippen molar-refractivity contribution in [1.82, 2.24) is 19.6 Å². The summed E-state index contributed by atoms with van der Waals surface area (Å²) >= 11 is 0. The Labute approximate surface area is 126 Å². The molecule has 2 heterocycles. The monoisotopic (exact) mass is 287 g/mol. The zero-order valence-corrected chi connectivity index (χ0v) is 13.3. The fourth-order valence-corrected chi connectivity index (χ4v) is 3.48.